The van der Waals surface area contributed by atoms with Gasteiger partial charge in [0.1, 0.15) is 6.29 Å². The Bertz CT molecular complexity index is 228. The van der Waals surface area contributed by atoms with Gasteiger partial charge >= 0.3 is 0 Å². The van der Waals surface area contributed by atoms with Gasteiger partial charge in [-0.25, -0.2) is 0 Å². The normalized spacial score (nSPS) is 32.5. The van der Waals surface area contributed by atoms with E-state index in [0.29, 0.717) is 18.1 Å². The molecule has 1 aliphatic heterocycles. The van der Waals surface area contributed by atoms with Crippen molar-refractivity contribution >= 4 is 6.29 Å². The minimum Gasteiger partial charge on any atom is -0.375 e. The van der Waals surface area contributed by atoms with Crippen molar-refractivity contribution in [2.24, 2.45) is 5.92 Å². The van der Waals surface area contributed by atoms with Crippen molar-refractivity contribution < 1.29 is 9.53 Å². The van der Waals surface area contributed by atoms with E-state index in [1.807, 2.05) is 0 Å². The topological polar surface area (TPSA) is 29.5 Å². The quantitative estimate of drug-likeness (QED) is 0.705. The highest BCUT2D eigenvalue weighted by atomic mass is 16.5. The van der Waals surface area contributed by atoms with Crippen LogP contribution in [0.2, 0.25) is 0 Å². The smallest absolute Gasteiger partial charge is 0.123 e. The summed E-state index contributed by atoms with van der Waals surface area (Å²) in [4.78, 5) is 13.2. The summed E-state index contributed by atoms with van der Waals surface area (Å²) < 4.78 is 6.18. The molecule has 2 aliphatic rings. The number of carbonyl (C=O) groups is 1. The second kappa shape index (κ2) is 6.50. The highest BCUT2D eigenvalue weighted by Crippen LogP contribution is 2.27. The van der Waals surface area contributed by atoms with Crippen molar-refractivity contribution in [1.82, 2.24) is 4.90 Å². The largest absolute Gasteiger partial charge is 0.375 e. The lowest BCUT2D eigenvalue weighted by atomic mass is 9.88. The molecule has 2 fully saturated rings. The molecule has 0 spiro atoms. The number of rotatable bonds is 4. The third-order valence-corrected chi connectivity index (χ3v) is 4.28. The number of likely N-dealkylation sites (tertiary alicyclic amines) is 1. The molecule has 0 bridgehead atoms. The zero-order valence-corrected chi connectivity index (χ0v) is 10.9. The van der Waals surface area contributed by atoms with Crippen molar-refractivity contribution in [2.45, 2.75) is 57.7 Å². The van der Waals surface area contributed by atoms with Gasteiger partial charge in [0.05, 0.1) is 12.2 Å². The second-order valence-electron chi connectivity index (χ2n) is 5.44. The number of piperidine rings is 1. The SMILES string of the molecule is CCN1CCC(OC2CCC(C=O)CC2)CC1. The van der Waals surface area contributed by atoms with E-state index in [4.69, 9.17) is 4.74 Å². The van der Waals surface area contributed by atoms with Crippen LogP contribution in [0, 0.1) is 5.92 Å². The maximum absolute atomic E-state index is 10.7. The summed E-state index contributed by atoms with van der Waals surface area (Å²) in [7, 11) is 0. The van der Waals surface area contributed by atoms with Crippen LogP contribution in [0.5, 0.6) is 0 Å². The Morgan fingerprint density at radius 2 is 1.65 bits per heavy atom. The first-order valence-electron chi connectivity index (χ1n) is 7.15. The molecule has 3 heteroatoms. The van der Waals surface area contributed by atoms with E-state index in [-0.39, 0.29) is 0 Å². The van der Waals surface area contributed by atoms with Crippen molar-refractivity contribution in [1.29, 1.82) is 0 Å². The highest BCUT2D eigenvalue weighted by molar-refractivity contribution is 5.53. The Morgan fingerprint density at radius 1 is 1.06 bits per heavy atom. The molecule has 3 nitrogen and oxygen atoms in total. The molecule has 0 unspecified atom stereocenters. The van der Waals surface area contributed by atoms with Crippen LogP contribution in [0.15, 0.2) is 0 Å². The molecule has 98 valence electrons. The lowest BCUT2D eigenvalue weighted by Gasteiger charge is -2.35. The molecular formula is C14H25NO2. The highest BCUT2D eigenvalue weighted by Gasteiger charge is 2.25. The summed E-state index contributed by atoms with van der Waals surface area (Å²) in [6.07, 6.45) is 8.59. The number of hydrogen-bond acceptors (Lipinski definition) is 3. The van der Waals surface area contributed by atoms with E-state index in [1.54, 1.807) is 0 Å². The van der Waals surface area contributed by atoms with Gasteiger partial charge < -0.3 is 14.4 Å². The van der Waals surface area contributed by atoms with Gasteiger partial charge in [-0.1, -0.05) is 6.92 Å². The average molecular weight is 239 g/mol. The van der Waals surface area contributed by atoms with Crippen LogP contribution in [0.4, 0.5) is 0 Å². The fourth-order valence-corrected chi connectivity index (χ4v) is 2.99. The van der Waals surface area contributed by atoms with Crippen LogP contribution < -0.4 is 0 Å². The molecule has 0 atom stereocenters. The van der Waals surface area contributed by atoms with E-state index >= 15 is 0 Å². The fourth-order valence-electron chi connectivity index (χ4n) is 2.99. The molecule has 0 N–H and O–H groups in total. The van der Waals surface area contributed by atoms with Crippen LogP contribution in [0.1, 0.15) is 45.4 Å². The van der Waals surface area contributed by atoms with E-state index in [1.165, 1.54) is 25.9 Å². The summed E-state index contributed by atoms with van der Waals surface area (Å²) >= 11 is 0. The van der Waals surface area contributed by atoms with Gasteiger partial charge in [0, 0.05) is 19.0 Å². The summed E-state index contributed by atoms with van der Waals surface area (Å²) in [5.74, 6) is 0.303. The van der Waals surface area contributed by atoms with Crippen LogP contribution in [0.3, 0.4) is 0 Å². The number of hydrogen-bond donors (Lipinski definition) is 0. The van der Waals surface area contributed by atoms with Gasteiger partial charge in [-0.05, 0) is 45.1 Å². The standard InChI is InChI=1S/C14H25NO2/c1-2-15-9-7-14(8-10-15)17-13-5-3-12(11-16)4-6-13/h11-14H,2-10H2,1H3. The Balaban J connectivity index is 1.67. The third kappa shape index (κ3) is 3.78. The van der Waals surface area contributed by atoms with Crippen LogP contribution in [-0.2, 0) is 9.53 Å². The van der Waals surface area contributed by atoms with E-state index < -0.39 is 0 Å². The number of aldehydes is 1. The molecule has 0 aromatic carbocycles. The zero-order valence-electron chi connectivity index (χ0n) is 10.9. The van der Waals surface area contributed by atoms with Crippen LogP contribution in [-0.4, -0.2) is 43.0 Å². The maximum Gasteiger partial charge on any atom is 0.123 e. The summed E-state index contributed by atoms with van der Waals surface area (Å²) in [5, 5.41) is 0. The molecule has 17 heavy (non-hydrogen) atoms. The van der Waals surface area contributed by atoms with Crippen molar-refractivity contribution in [2.75, 3.05) is 19.6 Å². The Morgan fingerprint density at radius 3 is 2.18 bits per heavy atom. The summed E-state index contributed by atoms with van der Waals surface area (Å²) in [5.41, 5.74) is 0. The van der Waals surface area contributed by atoms with Gasteiger partial charge in [-0.15, -0.1) is 0 Å². The molecule has 1 saturated carbocycles. The molecule has 1 saturated heterocycles. The number of ether oxygens (including phenoxy) is 1. The zero-order chi connectivity index (χ0) is 12.1. The van der Waals surface area contributed by atoms with Gasteiger partial charge in [0.2, 0.25) is 0 Å². The predicted octanol–water partition coefficient (Wildman–Crippen LogP) is 2.25. The van der Waals surface area contributed by atoms with Gasteiger partial charge in [0.15, 0.2) is 0 Å². The first kappa shape index (κ1) is 13.0. The Kier molecular flexibility index (Phi) is 4.99. The van der Waals surface area contributed by atoms with E-state index in [0.717, 1.165) is 38.5 Å². The molecule has 1 aliphatic carbocycles. The lowest BCUT2D eigenvalue weighted by Crippen LogP contribution is -2.38. The number of carbonyl (C=O) groups excluding carboxylic acids is 1. The minimum atomic E-state index is 0.303. The van der Waals surface area contributed by atoms with Crippen molar-refractivity contribution in [3.05, 3.63) is 0 Å². The molecule has 0 aromatic heterocycles. The minimum absolute atomic E-state index is 0.303. The molecule has 1 heterocycles. The maximum atomic E-state index is 10.7. The van der Waals surface area contributed by atoms with Gasteiger partial charge in [-0.3, -0.25) is 0 Å². The van der Waals surface area contributed by atoms with Crippen molar-refractivity contribution in [3.63, 3.8) is 0 Å². The molecule has 2 rings (SSSR count). The molecule has 0 amide bonds. The van der Waals surface area contributed by atoms with Crippen LogP contribution in [0.25, 0.3) is 0 Å². The number of nitrogens with zero attached hydrogens (tertiary/aromatic N) is 1. The first-order chi connectivity index (χ1) is 8.31. The first-order valence-corrected chi connectivity index (χ1v) is 7.15. The predicted molar refractivity (Wildman–Crippen MR) is 68.0 cm³/mol. The monoisotopic (exact) mass is 239 g/mol. The summed E-state index contributed by atoms with van der Waals surface area (Å²) in [6.45, 7) is 5.76. The van der Waals surface area contributed by atoms with Crippen molar-refractivity contribution in [3.8, 4) is 0 Å². The molecule has 0 radical (unpaired) electrons. The van der Waals surface area contributed by atoms with E-state index in [9.17, 15) is 4.79 Å². The van der Waals surface area contributed by atoms with Crippen LogP contribution >= 0.6 is 0 Å². The Hall–Kier alpha value is -0.410. The Labute approximate surface area is 105 Å². The lowest BCUT2D eigenvalue weighted by molar-refractivity contribution is -0.114. The molecule has 0 aromatic rings. The fraction of sp³-hybridized carbons (Fsp3) is 0.929. The van der Waals surface area contributed by atoms with Gasteiger partial charge in [-0.2, -0.15) is 0 Å². The van der Waals surface area contributed by atoms with E-state index in [2.05, 4.69) is 11.8 Å². The third-order valence-electron chi connectivity index (χ3n) is 4.28. The average Bonchev–Trinajstić information content (AvgIpc) is 2.40. The van der Waals surface area contributed by atoms with Gasteiger partial charge in [0.25, 0.3) is 0 Å². The second-order valence-corrected chi connectivity index (χ2v) is 5.44. The molecular weight excluding hydrogens is 214 g/mol. The summed E-state index contributed by atoms with van der Waals surface area (Å²) in [6, 6.07) is 0.